The number of rotatable bonds is 1. The Morgan fingerprint density at radius 1 is 1.18 bits per heavy atom. The molecule has 1 unspecified atom stereocenters. The summed E-state index contributed by atoms with van der Waals surface area (Å²) in [4.78, 5) is 36.1. The highest BCUT2D eigenvalue weighted by atomic mass is 16.6. The van der Waals surface area contributed by atoms with Crippen LogP contribution < -0.4 is 0 Å². The van der Waals surface area contributed by atoms with Gasteiger partial charge in [-0.05, 0) is 13.8 Å². The van der Waals surface area contributed by atoms with Crippen LogP contribution >= 0.6 is 0 Å². The molecule has 1 aliphatic carbocycles. The molecule has 1 aromatic rings. The minimum absolute atomic E-state index is 0.151. The topological polar surface area (TPSA) is 69.7 Å². The average Bonchev–Trinajstić information content (AvgIpc) is 2.42. The summed E-state index contributed by atoms with van der Waals surface area (Å²) in [5.41, 5.74) is 0.447. The Hall–Kier alpha value is -2.43. The summed E-state index contributed by atoms with van der Waals surface area (Å²) in [6, 6.07) is 6.82. The zero-order chi connectivity index (χ0) is 16.1. The molecule has 22 heavy (non-hydrogen) atoms. The molecule has 5 nitrogen and oxygen atoms in total. The van der Waals surface area contributed by atoms with Gasteiger partial charge in [0.05, 0.1) is 5.57 Å². The molecular formula is C17H16O5. The lowest BCUT2D eigenvalue weighted by atomic mass is 9.80. The molecule has 0 N–H and O–H groups in total. The van der Waals surface area contributed by atoms with Gasteiger partial charge in [-0.3, -0.25) is 14.4 Å². The van der Waals surface area contributed by atoms with Crippen LogP contribution in [0.5, 0.6) is 0 Å². The Labute approximate surface area is 127 Å². The number of carbonyl (C=O) groups is 3. The van der Waals surface area contributed by atoms with Gasteiger partial charge in [-0.2, -0.15) is 0 Å². The third-order valence-electron chi connectivity index (χ3n) is 3.80. The molecule has 3 rings (SSSR count). The van der Waals surface area contributed by atoms with E-state index in [4.69, 9.17) is 9.47 Å². The van der Waals surface area contributed by atoms with E-state index in [1.165, 1.54) is 6.92 Å². The van der Waals surface area contributed by atoms with Crippen molar-refractivity contribution in [3.05, 3.63) is 41.0 Å². The predicted octanol–water partition coefficient (Wildman–Crippen LogP) is 2.29. The Bertz CT molecular complexity index is 726. The zero-order valence-electron chi connectivity index (χ0n) is 12.6. The summed E-state index contributed by atoms with van der Waals surface area (Å²) in [5.74, 6) is -1.39. The number of ketones is 2. The minimum Gasteiger partial charge on any atom is -0.486 e. The molecule has 0 saturated heterocycles. The second-order valence-corrected chi connectivity index (χ2v) is 6.11. The summed E-state index contributed by atoms with van der Waals surface area (Å²) in [7, 11) is 0. The number of ether oxygens (including phenoxy) is 2. The molecule has 0 aromatic heterocycles. The van der Waals surface area contributed by atoms with Crippen molar-refractivity contribution in [2.45, 2.75) is 38.9 Å². The standard InChI is InChI=1S/C17H16O5/c1-9(18)21-12-8-17(2,3)22-16-11-7-5-4-6-10(11)14(19)15(20)13(12)16/h4-7,12H,8H2,1-3H3. The lowest BCUT2D eigenvalue weighted by molar-refractivity contribution is -0.148. The first-order valence-corrected chi connectivity index (χ1v) is 7.09. The van der Waals surface area contributed by atoms with Crippen molar-refractivity contribution in [1.82, 2.24) is 0 Å². The van der Waals surface area contributed by atoms with Crippen molar-refractivity contribution in [3.63, 3.8) is 0 Å². The second kappa shape index (κ2) is 4.80. The lowest BCUT2D eigenvalue weighted by Gasteiger charge is -2.39. The Morgan fingerprint density at radius 2 is 1.82 bits per heavy atom. The van der Waals surface area contributed by atoms with Crippen LogP contribution in [0, 0.1) is 0 Å². The molecule has 5 heteroatoms. The Morgan fingerprint density at radius 3 is 2.45 bits per heavy atom. The van der Waals surface area contributed by atoms with E-state index in [1.807, 2.05) is 13.8 Å². The SMILES string of the molecule is CC(=O)OC1CC(C)(C)OC2=C1C(=O)C(=O)c1ccccc12. The number of fused-ring (bicyclic) bond motifs is 2. The highest BCUT2D eigenvalue weighted by Gasteiger charge is 2.46. The summed E-state index contributed by atoms with van der Waals surface area (Å²) in [5, 5.41) is 0. The van der Waals surface area contributed by atoms with Gasteiger partial charge in [-0.15, -0.1) is 0 Å². The van der Waals surface area contributed by atoms with Crippen molar-refractivity contribution >= 4 is 23.3 Å². The van der Waals surface area contributed by atoms with Gasteiger partial charge >= 0.3 is 5.97 Å². The van der Waals surface area contributed by atoms with Crippen molar-refractivity contribution in [1.29, 1.82) is 0 Å². The molecule has 114 valence electrons. The molecule has 2 aliphatic rings. The van der Waals surface area contributed by atoms with Gasteiger partial charge in [-0.1, -0.05) is 24.3 Å². The molecular weight excluding hydrogens is 284 g/mol. The quantitative estimate of drug-likeness (QED) is 0.588. The minimum atomic E-state index is -0.763. The number of esters is 1. The molecule has 1 aromatic carbocycles. The van der Waals surface area contributed by atoms with Crippen LogP contribution in [0.15, 0.2) is 29.8 Å². The largest absolute Gasteiger partial charge is 0.486 e. The molecule has 1 aliphatic heterocycles. The number of hydrogen-bond acceptors (Lipinski definition) is 5. The fraction of sp³-hybridized carbons (Fsp3) is 0.353. The van der Waals surface area contributed by atoms with E-state index in [1.54, 1.807) is 24.3 Å². The highest BCUT2D eigenvalue weighted by molar-refractivity contribution is 6.52. The highest BCUT2D eigenvalue weighted by Crippen LogP contribution is 2.42. The van der Waals surface area contributed by atoms with E-state index in [-0.39, 0.29) is 5.57 Å². The van der Waals surface area contributed by atoms with E-state index < -0.39 is 29.2 Å². The van der Waals surface area contributed by atoms with Crippen LogP contribution in [0.3, 0.4) is 0 Å². The smallest absolute Gasteiger partial charge is 0.303 e. The molecule has 0 spiro atoms. The summed E-state index contributed by atoms with van der Waals surface area (Å²) < 4.78 is 11.2. The maximum atomic E-state index is 12.4. The van der Waals surface area contributed by atoms with Crippen molar-refractivity contribution in [2.75, 3.05) is 0 Å². The maximum Gasteiger partial charge on any atom is 0.303 e. The molecule has 0 amide bonds. The molecule has 0 saturated carbocycles. The molecule has 0 fully saturated rings. The van der Waals surface area contributed by atoms with Gasteiger partial charge in [0.25, 0.3) is 0 Å². The van der Waals surface area contributed by atoms with E-state index in [9.17, 15) is 14.4 Å². The third-order valence-corrected chi connectivity index (χ3v) is 3.80. The number of carbonyl (C=O) groups excluding carboxylic acids is 3. The first-order chi connectivity index (χ1) is 10.3. The zero-order valence-corrected chi connectivity index (χ0v) is 12.6. The van der Waals surface area contributed by atoms with Crippen molar-refractivity contribution in [2.24, 2.45) is 0 Å². The van der Waals surface area contributed by atoms with E-state index >= 15 is 0 Å². The van der Waals surface area contributed by atoms with Crippen LogP contribution in [0.2, 0.25) is 0 Å². The first kappa shape index (κ1) is 14.5. The lowest BCUT2D eigenvalue weighted by Crippen LogP contribution is -2.43. The molecule has 0 radical (unpaired) electrons. The van der Waals surface area contributed by atoms with Gasteiger partial charge in [-0.25, -0.2) is 0 Å². The number of Topliss-reactive ketones (excluding diaryl/α,β-unsaturated/α-hetero) is 2. The first-order valence-electron chi connectivity index (χ1n) is 7.09. The van der Waals surface area contributed by atoms with E-state index in [2.05, 4.69) is 0 Å². The number of hydrogen-bond donors (Lipinski definition) is 0. The van der Waals surface area contributed by atoms with Gasteiger partial charge in [0.15, 0.2) is 0 Å². The predicted molar refractivity (Wildman–Crippen MR) is 78.0 cm³/mol. The van der Waals surface area contributed by atoms with Crippen LogP contribution in [-0.2, 0) is 19.1 Å². The fourth-order valence-electron chi connectivity index (χ4n) is 2.94. The van der Waals surface area contributed by atoms with Crippen LogP contribution in [0.4, 0.5) is 0 Å². The van der Waals surface area contributed by atoms with Gasteiger partial charge in [0, 0.05) is 24.5 Å². The monoisotopic (exact) mass is 300 g/mol. The van der Waals surface area contributed by atoms with Crippen LogP contribution in [0.25, 0.3) is 5.76 Å². The van der Waals surface area contributed by atoms with Gasteiger partial charge in [0.2, 0.25) is 11.6 Å². The van der Waals surface area contributed by atoms with Crippen LogP contribution in [0.1, 0.15) is 43.1 Å². The Kier molecular flexibility index (Phi) is 3.16. The maximum absolute atomic E-state index is 12.4. The third kappa shape index (κ3) is 2.22. The van der Waals surface area contributed by atoms with Crippen LogP contribution in [-0.4, -0.2) is 29.2 Å². The number of benzene rings is 1. The molecule has 0 bridgehead atoms. The summed E-state index contributed by atoms with van der Waals surface area (Å²) in [6.45, 7) is 5.00. The second-order valence-electron chi connectivity index (χ2n) is 6.11. The summed E-state index contributed by atoms with van der Waals surface area (Å²) >= 11 is 0. The van der Waals surface area contributed by atoms with Gasteiger partial charge in [0.1, 0.15) is 17.5 Å². The van der Waals surface area contributed by atoms with Gasteiger partial charge < -0.3 is 9.47 Å². The molecule has 1 heterocycles. The van der Waals surface area contributed by atoms with Crippen molar-refractivity contribution in [3.8, 4) is 0 Å². The molecule has 1 atom stereocenters. The van der Waals surface area contributed by atoms with Crippen molar-refractivity contribution < 1.29 is 23.9 Å². The Balaban J connectivity index is 2.22. The average molecular weight is 300 g/mol. The van der Waals surface area contributed by atoms with E-state index in [0.717, 1.165) is 0 Å². The normalized spacial score (nSPS) is 22.6. The summed E-state index contributed by atoms with van der Waals surface area (Å²) in [6.07, 6.45) is -0.437. The van der Waals surface area contributed by atoms with E-state index in [0.29, 0.717) is 23.3 Å². The fourth-order valence-corrected chi connectivity index (χ4v) is 2.94.